The van der Waals surface area contributed by atoms with Crippen LogP contribution in [0.25, 0.3) is 22.6 Å². The van der Waals surface area contributed by atoms with Crippen molar-refractivity contribution in [3.8, 4) is 28.3 Å². The van der Waals surface area contributed by atoms with Crippen molar-refractivity contribution in [2.24, 2.45) is 0 Å². The monoisotopic (exact) mass is 352 g/mol. The van der Waals surface area contributed by atoms with Crippen LogP contribution in [0.2, 0.25) is 0 Å². The molecule has 7 nitrogen and oxygen atoms in total. The molecule has 134 valence electrons. The summed E-state index contributed by atoms with van der Waals surface area (Å²) >= 11 is 0. The largest absolute Gasteiger partial charge is 0.507 e. The van der Waals surface area contributed by atoms with Gasteiger partial charge in [0.2, 0.25) is 0 Å². The summed E-state index contributed by atoms with van der Waals surface area (Å²) in [6.07, 6.45) is 5.16. The SMILES string of the molecule is Nc1nc(-c2cc(-c3ccco3)ccc2O)cn(C2CCCNC2)c1=O. The van der Waals surface area contributed by atoms with Gasteiger partial charge < -0.3 is 25.1 Å². The maximum Gasteiger partial charge on any atom is 0.293 e. The summed E-state index contributed by atoms with van der Waals surface area (Å²) in [6, 6.07) is 8.80. The smallest absolute Gasteiger partial charge is 0.293 e. The highest BCUT2D eigenvalue weighted by Gasteiger charge is 2.20. The van der Waals surface area contributed by atoms with E-state index in [9.17, 15) is 9.90 Å². The summed E-state index contributed by atoms with van der Waals surface area (Å²) < 4.78 is 7.05. The quantitative estimate of drug-likeness (QED) is 0.668. The van der Waals surface area contributed by atoms with Crippen LogP contribution >= 0.6 is 0 Å². The summed E-state index contributed by atoms with van der Waals surface area (Å²) in [4.78, 5) is 16.7. The van der Waals surface area contributed by atoms with Crippen LogP contribution in [0.5, 0.6) is 5.75 Å². The lowest BCUT2D eigenvalue weighted by Gasteiger charge is -2.25. The average molecular weight is 352 g/mol. The van der Waals surface area contributed by atoms with Crippen LogP contribution in [-0.2, 0) is 0 Å². The van der Waals surface area contributed by atoms with Gasteiger partial charge in [-0.25, -0.2) is 4.98 Å². The first-order chi connectivity index (χ1) is 12.6. The molecule has 4 N–H and O–H groups in total. The third-order valence-corrected chi connectivity index (χ3v) is 4.70. The van der Waals surface area contributed by atoms with Crippen molar-refractivity contribution in [3.63, 3.8) is 0 Å². The predicted octanol–water partition coefficient (Wildman–Crippen LogP) is 2.38. The van der Waals surface area contributed by atoms with E-state index >= 15 is 0 Å². The number of aromatic nitrogens is 2. The summed E-state index contributed by atoms with van der Waals surface area (Å²) in [6.45, 7) is 1.66. The standard InChI is InChI=1S/C19H20N4O3/c20-18-19(25)23(13-3-1-7-21-10-13)11-15(22-18)14-9-12(5-6-16(14)24)17-4-2-8-26-17/h2,4-6,8-9,11,13,21,24H,1,3,7,10H2,(H2,20,22). The molecule has 1 aromatic carbocycles. The van der Waals surface area contributed by atoms with Gasteiger partial charge in [-0.2, -0.15) is 0 Å². The number of nitrogen functional groups attached to an aromatic ring is 1. The molecule has 0 radical (unpaired) electrons. The zero-order chi connectivity index (χ0) is 18.1. The molecule has 3 heterocycles. The van der Waals surface area contributed by atoms with Crippen LogP contribution in [0.15, 0.2) is 52.0 Å². The average Bonchev–Trinajstić information content (AvgIpc) is 3.20. The topological polar surface area (TPSA) is 106 Å². The van der Waals surface area contributed by atoms with Gasteiger partial charge >= 0.3 is 0 Å². The summed E-state index contributed by atoms with van der Waals surface area (Å²) in [5.41, 5.74) is 7.35. The highest BCUT2D eigenvalue weighted by Crippen LogP contribution is 2.33. The van der Waals surface area contributed by atoms with Gasteiger partial charge in [-0.3, -0.25) is 4.79 Å². The van der Waals surface area contributed by atoms with Crippen molar-refractivity contribution in [2.75, 3.05) is 18.8 Å². The number of hydrogen-bond acceptors (Lipinski definition) is 6. The molecular formula is C19H20N4O3. The Kier molecular flexibility index (Phi) is 4.22. The van der Waals surface area contributed by atoms with Crippen LogP contribution in [0.1, 0.15) is 18.9 Å². The molecule has 1 aliphatic rings. The van der Waals surface area contributed by atoms with Gasteiger partial charge in [0, 0.05) is 29.9 Å². The second-order valence-corrected chi connectivity index (χ2v) is 6.43. The maximum atomic E-state index is 12.5. The fraction of sp³-hybridized carbons (Fsp3) is 0.263. The fourth-order valence-electron chi connectivity index (χ4n) is 3.34. The highest BCUT2D eigenvalue weighted by molar-refractivity contribution is 5.74. The Balaban J connectivity index is 1.82. The van der Waals surface area contributed by atoms with E-state index in [4.69, 9.17) is 10.2 Å². The summed E-state index contributed by atoms with van der Waals surface area (Å²) in [5.74, 6) is 0.680. The van der Waals surface area contributed by atoms with Gasteiger partial charge in [0.15, 0.2) is 5.82 Å². The van der Waals surface area contributed by atoms with E-state index in [1.54, 1.807) is 41.3 Å². The van der Waals surface area contributed by atoms with Gasteiger partial charge in [0.25, 0.3) is 5.56 Å². The molecular weight excluding hydrogens is 332 g/mol. The van der Waals surface area contributed by atoms with E-state index in [1.807, 2.05) is 6.07 Å². The predicted molar refractivity (Wildman–Crippen MR) is 98.9 cm³/mol. The molecule has 4 rings (SSSR count). The van der Waals surface area contributed by atoms with E-state index in [2.05, 4.69) is 10.3 Å². The third-order valence-electron chi connectivity index (χ3n) is 4.70. The second kappa shape index (κ2) is 6.68. The maximum absolute atomic E-state index is 12.5. The number of nitrogens with one attached hydrogen (secondary N) is 1. The molecule has 0 spiro atoms. The molecule has 0 bridgehead atoms. The number of rotatable bonds is 3. The minimum absolute atomic E-state index is 0.0238. The second-order valence-electron chi connectivity index (χ2n) is 6.43. The number of piperidine rings is 1. The number of furan rings is 1. The molecule has 0 aliphatic carbocycles. The normalized spacial score (nSPS) is 17.3. The Bertz CT molecular complexity index is 973. The van der Waals surface area contributed by atoms with Gasteiger partial charge in [-0.05, 0) is 49.7 Å². The molecule has 26 heavy (non-hydrogen) atoms. The van der Waals surface area contributed by atoms with Crippen LogP contribution in [0.4, 0.5) is 5.82 Å². The number of phenolic OH excluding ortho intramolecular Hbond substituents is 1. The fourth-order valence-corrected chi connectivity index (χ4v) is 3.34. The van der Waals surface area contributed by atoms with E-state index in [1.165, 1.54) is 0 Å². The first-order valence-corrected chi connectivity index (χ1v) is 8.60. The van der Waals surface area contributed by atoms with Gasteiger partial charge in [0.05, 0.1) is 12.0 Å². The molecule has 1 unspecified atom stereocenters. The van der Waals surface area contributed by atoms with Crippen LogP contribution in [-0.4, -0.2) is 27.7 Å². The Morgan fingerprint density at radius 1 is 1.35 bits per heavy atom. The molecule has 1 atom stereocenters. The van der Waals surface area contributed by atoms with Gasteiger partial charge in [0.1, 0.15) is 11.5 Å². The van der Waals surface area contributed by atoms with E-state index < -0.39 is 0 Å². The van der Waals surface area contributed by atoms with Crippen molar-refractivity contribution in [3.05, 3.63) is 53.1 Å². The number of nitrogens with zero attached hydrogens (tertiary/aromatic N) is 2. The first kappa shape index (κ1) is 16.4. The van der Waals surface area contributed by atoms with Crippen LogP contribution in [0, 0.1) is 0 Å². The number of phenols is 1. The van der Waals surface area contributed by atoms with Crippen molar-refractivity contribution in [1.29, 1.82) is 0 Å². The Labute approximate surface area is 150 Å². The number of anilines is 1. The molecule has 1 aliphatic heterocycles. The lowest BCUT2D eigenvalue weighted by molar-refractivity contribution is 0.364. The molecule has 0 amide bonds. The number of hydrogen-bond donors (Lipinski definition) is 3. The van der Waals surface area contributed by atoms with Crippen molar-refractivity contribution < 1.29 is 9.52 Å². The van der Waals surface area contributed by atoms with Crippen molar-refractivity contribution >= 4 is 5.82 Å². The first-order valence-electron chi connectivity index (χ1n) is 8.60. The van der Waals surface area contributed by atoms with Crippen molar-refractivity contribution in [2.45, 2.75) is 18.9 Å². The molecule has 1 fully saturated rings. The molecule has 7 heteroatoms. The van der Waals surface area contributed by atoms with Gasteiger partial charge in [-0.1, -0.05) is 0 Å². The number of benzene rings is 1. The zero-order valence-corrected chi connectivity index (χ0v) is 14.2. The molecule has 3 aromatic rings. The molecule has 1 saturated heterocycles. The summed E-state index contributed by atoms with van der Waals surface area (Å²) in [7, 11) is 0. The van der Waals surface area contributed by atoms with E-state index in [0.29, 0.717) is 23.6 Å². The molecule has 0 saturated carbocycles. The van der Waals surface area contributed by atoms with E-state index in [-0.39, 0.29) is 23.2 Å². The lowest BCUT2D eigenvalue weighted by Crippen LogP contribution is -2.37. The molecule has 2 aromatic heterocycles. The van der Waals surface area contributed by atoms with Crippen molar-refractivity contribution in [1.82, 2.24) is 14.9 Å². The minimum atomic E-state index is -0.302. The lowest BCUT2D eigenvalue weighted by atomic mass is 10.0. The Hall–Kier alpha value is -3.06. The Morgan fingerprint density at radius 2 is 2.23 bits per heavy atom. The highest BCUT2D eigenvalue weighted by atomic mass is 16.3. The number of nitrogens with two attached hydrogens (primary N) is 1. The number of aromatic hydroxyl groups is 1. The van der Waals surface area contributed by atoms with E-state index in [0.717, 1.165) is 24.9 Å². The minimum Gasteiger partial charge on any atom is -0.507 e. The van der Waals surface area contributed by atoms with Gasteiger partial charge in [-0.15, -0.1) is 0 Å². The van der Waals surface area contributed by atoms with Crippen LogP contribution in [0.3, 0.4) is 0 Å². The summed E-state index contributed by atoms with van der Waals surface area (Å²) in [5, 5.41) is 13.6. The van der Waals surface area contributed by atoms with Crippen LogP contribution < -0.4 is 16.6 Å². The zero-order valence-electron chi connectivity index (χ0n) is 14.2. The third kappa shape index (κ3) is 2.97. The Morgan fingerprint density at radius 3 is 2.96 bits per heavy atom.